The van der Waals surface area contributed by atoms with E-state index in [1.165, 1.54) is 25.5 Å². The van der Waals surface area contributed by atoms with E-state index in [0.717, 1.165) is 27.7 Å². The number of furan rings is 2. The summed E-state index contributed by atoms with van der Waals surface area (Å²) < 4.78 is 21.4. The molecule has 0 bridgehead atoms. The van der Waals surface area contributed by atoms with Crippen molar-refractivity contribution in [2.75, 3.05) is 24.4 Å². The van der Waals surface area contributed by atoms with Gasteiger partial charge in [0.2, 0.25) is 0 Å². The van der Waals surface area contributed by atoms with Crippen molar-refractivity contribution in [1.29, 1.82) is 0 Å². The zero-order valence-corrected chi connectivity index (χ0v) is 19.1. The number of ether oxygens (including phenoxy) is 2. The third-order valence-electron chi connectivity index (χ3n) is 5.10. The molecule has 2 N–H and O–H groups in total. The minimum Gasteiger partial charge on any atom is -0.495 e. The van der Waals surface area contributed by atoms with Gasteiger partial charge in [-0.1, -0.05) is 18.2 Å². The first-order chi connectivity index (χ1) is 17.0. The molecule has 3 aromatic heterocycles. The van der Waals surface area contributed by atoms with Crippen molar-refractivity contribution in [3.05, 3.63) is 77.6 Å². The molecule has 0 aliphatic carbocycles. The van der Waals surface area contributed by atoms with Crippen LogP contribution in [0.5, 0.6) is 5.75 Å². The Kier molecular flexibility index (Phi) is 5.94. The summed E-state index contributed by atoms with van der Waals surface area (Å²) in [5, 5.41) is 7.54. The van der Waals surface area contributed by atoms with Crippen LogP contribution in [-0.4, -0.2) is 31.5 Å². The van der Waals surface area contributed by atoms with Crippen molar-refractivity contribution < 1.29 is 32.7 Å². The molecule has 5 rings (SSSR count). The fourth-order valence-corrected chi connectivity index (χ4v) is 4.30. The van der Waals surface area contributed by atoms with Gasteiger partial charge in [-0.05, 0) is 36.4 Å². The van der Waals surface area contributed by atoms with Crippen molar-refractivity contribution in [2.45, 2.75) is 0 Å². The topological polar surface area (TPSA) is 120 Å². The van der Waals surface area contributed by atoms with Crippen LogP contribution < -0.4 is 15.4 Å². The first kappa shape index (κ1) is 22.2. The molecule has 5 aromatic rings. The Morgan fingerprint density at radius 1 is 0.943 bits per heavy atom. The first-order valence-corrected chi connectivity index (χ1v) is 11.2. The van der Waals surface area contributed by atoms with Gasteiger partial charge in [-0.25, -0.2) is 4.79 Å². The van der Waals surface area contributed by atoms with Crippen LogP contribution in [0.15, 0.2) is 75.8 Å². The molecule has 35 heavy (non-hydrogen) atoms. The standard InChI is InChI=1S/C25H18N2O7S/c1-31-20-11-15-14-5-2-3-6-17(14)34-19(15)12-16(20)26-22(28)13-33-25(30)21-8-9-23(35-21)27-24(29)18-7-4-10-32-18/h2-12H,13H2,1H3,(H,26,28)(H,27,29). The fraction of sp³-hybridized carbons (Fsp3) is 0.0800. The molecule has 3 heterocycles. The molecule has 0 unspecified atom stereocenters. The minimum absolute atomic E-state index is 0.149. The predicted molar refractivity (Wildman–Crippen MR) is 130 cm³/mol. The molecular weight excluding hydrogens is 472 g/mol. The van der Waals surface area contributed by atoms with Gasteiger partial charge in [0.25, 0.3) is 11.8 Å². The van der Waals surface area contributed by atoms with E-state index in [2.05, 4.69) is 10.6 Å². The molecule has 0 aliphatic heterocycles. The lowest BCUT2D eigenvalue weighted by Gasteiger charge is -2.10. The number of nitrogens with one attached hydrogen (secondary N) is 2. The maximum absolute atomic E-state index is 12.5. The molecule has 0 saturated heterocycles. The summed E-state index contributed by atoms with van der Waals surface area (Å²) in [6.45, 7) is -0.508. The summed E-state index contributed by atoms with van der Waals surface area (Å²) in [6.07, 6.45) is 1.39. The van der Waals surface area contributed by atoms with E-state index >= 15 is 0 Å². The van der Waals surface area contributed by atoms with Gasteiger partial charge in [0.05, 0.1) is 24.1 Å². The maximum Gasteiger partial charge on any atom is 0.348 e. The van der Waals surface area contributed by atoms with Crippen LogP contribution in [0.25, 0.3) is 21.9 Å². The molecule has 2 amide bonds. The lowest BCUT2D eigenvalue weighted by molar-refractivity contribution is -0.119. The third kappa shape index (κ3) is 4.59. The zero-order chi connectivity index (χ0) is 24.4. The Balaban J connectivity index is 1.22. The highest BCUT2D eigenvalue weighted by Crippen LogP contribution is 2.36. The second-order valence-corrected chi connectivity index (χ2v) is 8.45. The summed E-state index contributed by atoms with van der Waals surface area (Å²) in [5.41, 5.74) is 1.69. The second-order valence-electron chi connectivity index (χ2n) is 7.37. The largest absolute Gasteiger partial charge is 0.495 e. The fourth-order valence-electron chi connectivity index (χ4n) is 3.50. The van der Waals surface area contributed by atoms with Crippen molar-refractivity contribution in [1.82, 2.24) is 0 Å². The van der Waals surface area contributed by atoms with Crippen LogP contribution in [0.4, 0.5) is 10.7 Å². The molecular formula is C25H18N2O7S. The van der Waals surface area contributed by atoms with Crippen LogP contribution in [0.2, 0.25) is 0 Å². The summed E-state index contributed by atoms with van der Waals surface area (Å²) in [6, 6.07) is 17.2. The van der Waals surface area contributed by atoms with Crippen molar-refractivity contribution in [2.24, 2.45) is 0 Å². The highest BCUT2D eigenvalue weighted by molar-refractivity contribution is 7.18. The molecule has 10 heteroatoms. The molecule has 0 spiro atoms. The van der Waals surface area contributed by atoms with E-state index in [1.807, 2.05) is 24.3 Å². The lowest BCUT2D eigenvalue weighted by Crippen LogP contribution is -2.21. The van der Waals surface area contributed by atoms with Crippen molar-refractivity contribution in [3.63, 3.8) is 0 Å². The molecule has 2 aromatic carbocycles. The molecule has 176 valence electrons. The number of hydrogen-bond donors (Lipinski definition) is 2. The molecule has 0 saturated carbocycles. The minimum atomic E-state index is -0.691. The van der Waals surface area contributed by atoms with Gasteiger partial charge in [-0.15, -0.1) is 11.3 Å². The number of carbonyl (C=O) groups is 3. The maximum atomic E-state index is 12.5. The lowest BCUT2D eigenvalue weighted by atomic mass is 10.1. The molecule has 0 fully saturated rings. The van der Waals surface area contributed by atoms with E-state index in [-0.39, 0.29) is 10.6 Å². The number of para-hydroxylation sites is 1. The highest BCUT2D eigenvalue weighted by atomic mass is 32.1. The number of hydrogen-bond acceptors (Lipinski definition) is 8. The summed E-state index contributed by atoms with van der Waals surface area (Å²) in [7, 11) is 1.50. The number of anilines is 2. The first-order valence-electron chi connectivity index (χ1n) is 10.4. The zero-order valence-electron chi connectivity index (χ0n) is 18.3. The number of benzene rings is 2. The van der Waals surface area contributed by atoms with Crippen LogP contribution >= 0.6 is 11.3 Å². The van der Waals surface area contributed by atoms with Gasteiger partial charge in [-0.2, -0.15) is 0 Å². The van der Waals surface area contributed by atoms with Crippen molar-refractivity contribution >= 4 is 61.7 Å². The van der Waals surface area contributed by atoms with Gasteiger partial charge < -0.3 is 28.9 Å². The van der Waals surface area contributed by atoms with Gasteiger partial charge in [0.15, 0.2) is 12.4 Å². The quantitative estimate of drug-likeness (QED) is 0.297. The van der Waals surface area contributed by atoms with E-state index < -0.39 is 24.4 Å². The summed E-state index contributed by atoms with van der Waals surface area (Å²) in [4.78, 5) is 37.1. The Morgan fingerprint density at radius 3 is 2.60 bits per heavy atom. The summed E-state index contributed by atoms with van der Waals surface area (Å²) >= 11 is 1.02. The summed E-state index contributed by atoms with van der Waals surface area (Å²) in [5.74, 6) is -1.08. The van der Waals surface area contributed by atoms with E-state index in [4.69, 9.17) is 18.3 Å². The van der Waals surface area contributed by atoms with Gasteiger partial charge in [-0.3, -0.25) is 9.59 Å². The smallest absolute Gasteiger partial charge is 0.348 e. The average molecular weight is 490 g/mol. The third-order valence-corrected chi connectivity index (χ3v) is 6.08. The second kappa shape index (κ2) is 9.35. The van der Waals surface area contributed by atoms with Crippen LogP contribution in [0.1, 0.15) is 20.2 Å². The Hall–Kier alpha value is -4.57. The monoisotopic (exact) mass is 490 g/mol. The van der Waals surface area contributed by atoms with Gasteiger partial charge in [0, 0.05) is 16.8 Å². The molecule has 0 aliphatic rings. The predicted octanol–water partition coefficient (Wildman–Crippen LogP) is 5.30. The van der Waals surface area contributed by atoms with Crippen LogP contribution in [0, 0.1) is 0 Å². The van der Waals surface area contributed by atoms with Gasteiger partial charge in [0.1, 0.15) is 21.8 Å². The number of rotatable bonds is 7. The van der Waals surface area contributed by atoms with Crippen molar-refractivity contribution in [3.8, 4) is 5.75 Å². The normalized spacial score (nSPS) is 10.9. The SMILES string of the molecule is COc1cc2c(cc1NC(=O)COC(=O)c1ccc(NC(=O)c3ccco3)s1)oc1ccccc12. The average Bonchev–Trinajstić information content (AvgIpc) is 3.62. The number of thiophene rings is 1. The number of fused-ring (bicyclic) bond motifs is 3. The van der Waals surface area contributed by atoms with E-state index in [1.54, 1.807) is 24.3 Å². The Morgan fingerprint density at radius 2 is 1.80 bits per heavy atom. The van der Waals surface area contributed by atoms with E-state index in [0.29, 0.717) is 22.0 Å². The van der Waals surface area contributed by atoms with Crippen LogP contribution in [-0.2, 0) is 9.53 Å². The van der Waals surface area contributed by atoms with Gasteiger partial charge >= 0.3 is 5.97 Å². The Bertz CT molecular complexity index is 1550. The van der Waals surface area contributed by atoms with E-state index in [9.17, 15) is 14.4 Å². The number of amides is 2. The van der Waals surface area contributed by atoms with Crippen LogP contribution in [0.3, 0.4) is 0 Å². The molecule has 0 radical (unpaired) electrons. The number of carbonyl (C=O) groups excluding carboxylic acids is 3. The molecule has 0 atom stereocenters. The molecule has 9 nitrogen and oxygen atoms in total. The Labute approximate surface area is 202 Å². The number of esters is 1. The highest BCUT2D eigenvalue weighted by Gasteiger charge is 2.17. The number of methoxy groups -OCH3 is 1.